The van der Waals surface area contributed by atoms with Crippen molar-refractivity contribution in [1.29, 1.82) is 0 Å². The van der Waals surface area contributed by atoms with Gasteiger partial charge in [0.05, 0.1) is 13.2 Å². The van der Waals surface area contributed by atoms with Gasteiger partial charge >= 0.3 is 0 Å². The van der Waals surface area contributed by atoms with Crippen LogP contribution in [0, 0.1) is 5.82 Å². The molecule has 0 aliphatic rings. The van der Waals surface area contributed by atoms with E-state index < -0.39 is 0 Å². The third-order valence-corrected chi connectivity index (χ3v) is 3.01. The van der Waals surface area contributed by atoms with Crippen molar-refractivity contribution in [2.45, 2.75) is 12.8 Å². The Labute approximate surface area is 155 Å². The largest absolute Gasteiger partial charge is 0.382 e. The van der Waals surface area contributed by atoms with Crippen LogP contribution >= 0.6 is 24.0 Å². The first-order valence-electron chi connectivity index (χ1n) is 7.52. The minimum absolute atomic E-state index is 0. The van der Waals surface area contributed by atoms with Crippen LogP contribution in [0.2, 0.25) is 0 Å². The highest BCUT2D eigenvalue weighted by atomic mass is 127. The van der Waals surface area contributed by atoms with Crippen LogP contribution in [0.5, 0.6) is 0 Å². The van der Waals surface area contributed by atoms with Crippen LogP contribution in [-0.4, -0.2) is 53.0 Å². The van der Waals surface area contributed by atoms with Crippen LogP contribution in [0.1, 0.15) is 12.0 Å². The van der Waals surface area contributed by atoms with E-state index in [2.05, 4.69) is 15.6 Å². The maximum Gasteiger partial charge on any atom is 0.190 e. The number of rotatable bonds is 10. The molecule has 2 N–H and O–H groups in total. The van der Waals surface area contributed by atoms with E-state index in [-0.39, 0.29) is 29.8 Å². The molecular formula is C16H27FIN3O2. The van der Waals surface area contributed by atoms with Gasteiger partial charge in [0, 0.05) is 33.9 Å². The van der Waals surface area contributed by atoms with E-state index in [1.165, 1.54) is 6.07 Å². The Morgan fingerprint density at radius 2 is 1.96 bits per heavy atom. The average Bonchev–Trinajstić information content (AvgIpc) is 2.52. The summed E-state index contributed by atoms with van der Waals surface area (Å²) in [4.78, 5) is 4.14. The van der Waals surface area contributed by atoms with E-state index in [0.29, 0.717) is 26.4 Å². The monoisotopic (exact) mass is 439 g/mol. The molecule has 0 bridgehead atoms. The Morgan fingerprint density at radius 1 is 1.17 bits per heavy atom. The summed E-state index contributed by atoms with van der Waals surface area (Å²) in [5.41, 5.74) is 0.967. The lowest BCUT2D eigenvalue weighted by Gasteiger charge is -2.12. The van der Waals surface area contributed by atoms with Gasteiger partial charge in [-0.2, -0.15) is 0 Å². The second-order valence-electron chi connectivity index (χ2n) is 4.76. The van der Waals surface area contributed by atoms with Crippen LogP contribution in [0.25, 0.3) is 0 Å². The molecule has 0 aliphatic carbocycles. The Kier molecular flexibility index (Phi) is 14.1. The number of halogens is 2. The fraction of sp³-hybridized carbons (Fsp3) is 0.562. The van der Waals surface area contributed by atoms with E-state index in [0.717, 1.165) is 30.9 Å². The lowest BCUT2D eigenvalue weighted by Crippen LogP contribution is -2.39. The first-order valence-corrected chi connectivity index (χ1v) is 7.52. The van der Waals surface area contributed by atoms with Gasteiger partial charge in [0.2, 0.25) is 0 Å². The summed E-state index contributed by atoms with van der Waals surface area (Å²) in [6.45, 7) is 3.42. The predicted octanol–water partition coefficient (Wildman–Crippen LogP) is 2.20. The topological polar surface area (TPSA) is 54.9 Å². The van der Waals surface area contributed by atoms with Crippen molar-refractivity contribution in [2.75, 3.05) is 47.1 Å². The van der Waals surface area contributed by atoms with Gasteiger partial charge in [-0.25, -0.2) is 4.39 Å². The third-order valence-electron chi connectivity index (χ3n) is 3.01. The third kappa shape index (κ3) is 11.3. The van der Waals surface area contributed by atoms with E-state index in [1.54, 1.807) is 26.3 Å². The highest BCUT2D eigenvalue weighted by Crippen LogP contribution is 2.03. The molecule has 0 radical (unpaired) electrons. The molecule has 0 heterocycles. The average molecular weight is 439 g/mol. The molecule has 0 fully saturated rings. The van der Waals surface area contributed by atoms with Crippen molar-refractivity contribution in [3.8, 4) is 0 Å². The van der Waals surface area contributed by atoms with Gasteiger partial charge < -0.3 is 20.1 Å². The molecule has 7 heteroatoms. The molecule has 0 aromatic heterocycles. The summed E-state index contributed by atoms with van der Waals surface area (Å²) in [5, 5.41) is 6.42. The van der Waals surface area contributed by atoms with Crippen LogP contribution in [0.15, 0.2) is 29.3 Å². The zero-order valence-corrected chi connectivity index (χ0v) is 16.1. The fourth-order valence-corrected chi connectivity index (χ4v) is 1.86. The Bertz CT molecular complexity index is 447. The van der Waals surface area contributed by atoms with E-state index >= 15 is 0 Å². The number of nitrogens with zero attached hydrogens (tertiary/aromatic N) is 1. The number of benzene rings is 1. The maximum atomic E-state index is 13.1. The molecule has 0 amide bonds. The summed E-state index contributed by atoms with van der Waals surface area (Å²) in [7, 11) is 3.39. The van der Waals surface area contributed by atoms with Gasteiger partial charge in [-0.15, -0.1) is 24.0 Å². The van der Waals surface area contributed by atoms with Crippen molar-refractivity contribution in [2.24, 2.45) is 4.99 Å². The van der Waals surface area contributed by atoms with Crippen molar-refractivity contribution < 1.29 is 13.9 Å². The first kappa shape index (κ1) is 22.1. The number of nitrogens with one attached hydrogen (secondary N) is 2. The Balaban J connectivity index is 0.00000484. The van der Waals surface area contributed by atoms with Crippen LogP contribution in [-0.2, 0) is 15.9 Å². The van der Waals surface area contributed by atoms with Crippen molar-refractivity contribution in [3.05, 3.63) is 35.6 Å². The van der Waals surface area contributed by atoms with Gasteiger partial charge in [-0.3, -0.25) is 4.99 Å². The molecule has 1 rings (SSSR count). The van der Waals surface area contributed by atoms with E-state index in [1.807, 2.05) is 6.07 Å². The second-order valence-corrected chi connectivity index (χ2v) is 4.76. The molecule has 0 saturated heterocycles. The molecule has 1 aromatic rings. The van der Waals surface area contributed by atoms with Gasteiger partial charge in [-0.1, -0.05) is 12.1 Å². The molecule has 5 nitrogen and oxygen atoms in total. The molecule has 0 aliphatic heterocycles. The quantitative estimate of drug-likeness (QED) is 0.254. The smallest absolute Gasteiger partial charge is 0.190 e. The van der Waals surface area contributed by atoms with Gasteiger partial charge in [0.15, 0.2) is 5.96 Å². The summed E-state index contributed by atoms with van der Waals surface area (Å²) >= 11 is 0. The number of ether oxygens (including phenoxy) is 2. The number of guanidine groups is 1. The first-order chi connectivity index (χ1) is 10.8. The van der Waals surface area contributed by atoms with Crippen LogP contribution in [0.3, 0.4) is 0 Å². The summed E-state index contributed by atoms with van der Waals surface area (Å²) in [6.07, 6.45) is 1.65. The minimum atomic E-state index is -0.200. The molecule has 23 heavy (non-hydrogen) atoms. The highest BCUT2D eigenvalue weighted by Gasteiger charge is 1.99. The van der Waals surface area contributed by atoms with Gasteiger partial charge in [0.25, 0.3) is 0 Å². The summed E-state index contributed by atoms with van der Waals surface area (Å²) in [5.74, 6) is 0.543. The molecule has 0 atom stereocenters. The van der Waals surface area contributed by atoms with Crippen molar-refractivity contribution in [1.82, 2.24) is 10.6 Å². The normalized spacial score (nSPS) is 11.0. The molecular weight excluding hydrogens is 412 g/mol. The van der Waals surface area contributed by atoms with E-state index in [4.69, 9.17) is 9.47 Å². The maximum absolute atomic E-state index is 13.1. The fourth-order valence-electron chi connectivity index (χ4n) is 1.86. The molecule has 0 spiro atoms. The highest BCUT2D eigenvalue weighted by molar-refractivity contribution is 14.0. The molecule has 1 aromatic carbocycles. The van der Waals surface area contributed by atoms with Crippen LogP contribution in [0.4, 0.5) is 4.39 Å². The SMILES string of the molecule is CN=C(NCCCOCCOC)NCCc1cccc(F)c1.I. The molecule has 0 unspecified atom stereocenters. The zero-order valence-electron chi connectivity index (χ0n) is 13.8. The van der Waals surface area contributed by atoms with Gasteiger partial charge in [0.1, 0.15) is 5.82 Å². The number of hydrogen-bond donors (Lipinski definition) is 2. The minimum Gasteiger partial charge on any atom is -0.382 e. The lowest BCUT2D eigenvalue weighted by atomic mass is 10.1. The summed E-state index contributed by atoms with van der Waals surface area (Å²) < 4.78 is 23.3. The number of hydrogen-bond acceptors (Lipinski definition) is 3. The lowest BCUT2D eigenvalue weighted by molar-refractivity contribution is 0.0698. The number of methoxy groups -OCH3 is 1. The van der Waals surface area contributed by atoms with Gasteiger partial charge in [-0.05, 0) is 30.5 Å². The van der Waals surface area contributed by atoms with E-state index in [9.17, 15) is 4.39 Å². The Morgan fingerprint density at radius 3 is 2.65 bits per heavy atom. The van der Waals surface area contributed by atoms with Crippen molar-refractivity contribution >= 4 is 29.9 Å². The Hall–Kier alpha value is -0.930. The number of aliphatic imine (C=N–C) groups is 1. The molecule has 0 saturated carbocycles. The van der Waals surface area contributed by atoms with Crippen LogP contribution < -0.4 is 10.6 Å². The van der Waals surface area contributed by atoms with Crippen molar-refractivity contribution in [3.63, 3.8) is 0 Å². The molecule has 132 valence electrons. The zero-order chi connectivity index (χ0) is 16.0. The summed E-state index contributed by atoms with van der Waals surface area (Å²) in [6, 6.07) is 6.64. The standard InChI is InChI=1S/C16H26FN3O2.HI/c1-18-16(19-8-4-10-22-12-11-21-2)20-9-7-14-5-3-6-15(17)13-14;/h3,5-6,13H,4,7-12H2,1-2H3,(H2,18,19,20);1H. The second kappa shape index (κ2) is 14.6. The predicted molar refractivity (Wildman–Crippen MR) is 102 cm³/mol.